The molecule has 0 aromatic heterocycles. The average molecular weight is 289 g/mol. The second-order valence-corrected chi connectivity index (χ2v) is 4.94. The van der Waals surface area contributed by atoms with E-state index in [1.54, 1.807) is 19.2 Å². The van der Waals surface area contributed by atoms with Crippen LogP contribution in [0.15, 0.2) is 48.5 Å². The van der Waals surface area contributed by atoms with Crippen molar-refractivity contribution in [2.45, 2.75) is 19.1 Å². The van der Waals surface area contributed by atoms with Crippen LogP contribution in [0.25, 0.3) is 0 Å². The lowest BCUT2D eigenvalue weighted by molar-refractivity contribution is 0.170. The maximum atomic E-state index is 13.1. The van der Waals surface area contributed by atoms with Crippen LogP contribution in [0, 0.1) is 5.82 Å². The molecule has 2 aromatic rings. The molecule has 0 radical (unpaired) electrons. The van der Waals surface area contributed by atoms with Gasteiger partial charge in [-0.2, -0.15) is 0 Å². The summed E-state index contributed by atoms with van der Waals surface area (Å²) in [4.78, 5) is 0. The quantitative estimate of drug-likeness (QED) is 0.858. The SMILES string of the molecule is COc1ccccc1[C@H](C)NCC(O)c1cccc(F)c1. The van der Waals surface area contributed by atoms with E-state index < -0.39 is 6.10 Å². The summed E-state index contributed by atoms with van der Waals surface area (Å²) < 4.78 is 18.5. The van der Waals surface area contributed by atoms with Gasteiger partial charge in [0, 0.05) is 18.2 Å². The number of halogens is 1. The Bertz CT molecular complexity index is 589. The van der Waals surface area contributed by atoms with Gasteiger partial charge in [0.25, 0.3) is 0 Å². The van der Waals surface area contributed by atoms with Crippen molar-refractivity contribution in [2.24, 2.45) is 0 Å². The molecule has 0 heterocycles. The predicted molar refractivity (Wildman–Crippen MR) is 80.8 cm³/mol. The summed E-state index contributed by atoms with van der Waals surface area (Å²) in [6, 6.07) is 13.8. The van der Waals surface area contributed by atoms with Crippen molar-refractivity contribution < 1.29 is 14.2 Å². The zero-order valence-corrected chi connectivity index (χ0v) is 12.2. The lowest BCUT2D eigenvalue weighted by Gasteiger charge is -2.19. The molecule has 0 spiro atoms. The van der Waals surface area contributed by atoms with Gasteiger partial charge in [-0.05, 0) is 30.7 Å². The Kier molecular flexibility index (Phi) is 5.31. The Morgan fingerprint density at radius 3 is 2.67 bits per heavy atom. The average Bonchev–Trinajstić information content (AvgIpc) is 2.52. The second-order valence-electron chi connectivity index (χ2n) is 4.94. The van der Waals surface area contributed by atoms with Gasteiger partial charge < -0.3 is 15.2 Å². The molecule has 2 N–H and O–H groups in total. The van der Waals surface area contributed by atoms with E-state index in [4.69, 9.17) is 4.74 Å². The van der Waals surface area contributed by atoms with E-state index in [0.29, 0.717) is 12.1 Å². The molecule has 0 aliphatic heterocycles. The van der Waals surface area contributed by atoms with Gasteiger partial charge in [-0.1, -0.05) is 30.3 Å². The van der Waals surface area contributed by atoms with Crippen LogP contribution in [-0.2, 0) is 0 Å². The molecule has 2 atom stereocenters. The third kappa shape index (κ3) is 4.03. The van der Waals surface area contributed by atoms with E-state index in [1.807, 2.05) is 31.2 Å². The smallest absolute Gasteiger partial charge is 0.123 e. The van der Waals surface area contributed by atoms with Gasteiger partial charge in [-0.15, -0.1) is 0 Å². The fourth-order valence-corrected chi connectivity index (χ4v) is 2.25. The number of methoxy groups -OCH3 is 1. The molecule has 2 aromatic carbocycles. The van der Waals surface area contributed by atoms with E-state index in [0.717, 1.165) is 11.3 Å². The highest BCUT2D eigenvalue weighted by atomic mass is 19.1. The lowest BCUT2D eigenvalue weighted by atomic mass is 10.1. The van der Waals surface area contributed by atoms with Gasteiger partial charge in [-0.25, -0.2) is 4.39 Å². The highest BCUT2D eigenvalue weighted by Gasteiger charge is 2.13. The maximum Gasteiger partial charge on any atom is 0.123 e. The van der Waals surface area contributed by atoms with Gasteiger partial charge in [-0.3, -0.25) is 0 Å². The molecular formula is C17H20FNO2. The minimum absolute atomic E-state index is 0.0179. The van der Waals surface area contributed by atoms with Gasteiger partial charge in [0.15, 0.2) is 0 Å². The number of aliphatic hydroxyl groups is 1. The van der Waals surface area contributed by atoms with Crippen LogP contribution in [0.3, 0.4) is 0 Å². The fraction of sp³-hybridized carbons (Fsp3) is 0.294. The minimum atomic E-state index is -0.752. The first-order valence-corrected chi connectivity index (χ1v) is 6.91. The third-order valence-electron chi connectivity index (χ3n) is 3.46. The van der Waals surface area contributed by atoms with Crippen molar-refractivity contribution in [1.82, 2.24) is 5.32 Å². The largest absolute Gasteiger partial charge is 0.496 e. The normalized spacial score (nSPS) is 13.7. The van der Waals surface area contributed by atoms with Crippen molar-refractivity contribution in [3.63, 3.8) is 0 Å². The van der Waals surface area contributed by atoms with Crippen molar-refractivity contribution >= 4 is 0 Å². The molecule has 0 saturated carbocycles. The van der Waals surface area contributed by atoms with Crippen LogP contribution in [0.5, 0.6) is 5.75 Å². The van der Waals surface area contributed by atoms with Gasteiger partial charge in [0.1, 0.15) is 11.6 Å². The third-order valence-corrected chi connectivity index (χ3v) is 3.46. The van der Waals surface area contributed by atoms with E-state index in [1.165, 1.54) is 12.1 Å². The first-order valence-electron chi connectivity index (χ1n) is 6.91. The summed E-state index contributed by atoms with van der Waals surface area (Å²) in [5, 5.41) is 13.3. The summed E-state index contributed by atoms with van der Waals surface area (Å²) in [7, 11) is 1.63. The Morgan fingerprint density at radius 1 is 1.19 bits per heavy atom. The Morgan fingerprint density at radius 2 is 1.95 bits per heavy atom. The highest BCUT2D eigenvalue weighted by molar-refractivity contribution is 5.35. The molecule has 21 heavy (non-hydrogen) atoms. The predicted octanol–water partition coefficient (Wildman–Crippen LogP) is 3.22. The van der Waals surface area contributed by atoms with E-state index in [9.17, 15) is 9.50 Å². The lowest BCUT2D eigenvalue weighted by Crippen LogP contribution is -2.25. The Labute approximate surface area is 124 Å². The van der Waals surface area contributed by atoms with Crippen LogP contribution < -0.4 is 10.1 Å². The van der Waals surface area contributed by atoms with Crippen LogP contribution in [0.1, 0.15) is 30.2 Å². The zero-order valence-electron chi connectivity index (χ0n) is 12.2. The molecule has 0 amide bonds. The number of hydrogen-bond acceptors (Lipinski definition) is 3. The highest BCUT2D eigenvalue weighted by Crippen LogP contribution is 2.24. The van der Waals surface area contributed by atoms with E-state index >= 15 is 0 Å². The molecule has 3 nitrogen and oxygen atoms in total. The van der Waals surface area contributed by atoms with Crippen molar-refractivity contribution in [1.29, 1.82) is 0 Å². The molecule has 0 bridgehead atoms. The second kappa shape index (κ2) is 7.20. The number of ether oxygens (including phenoxy) is 1. The monoisotopic (exact) mass is 289 g/mol. The van der Waals surface area contributed by atoms with Crippen LogP contribution in [0.2, 0.25) is 0 Å². The molecule has 0 saturated heterocycles. The summed E-state index contributed by atoms with van der Waals surface area (Å²) in [6.07, 6.45) is -0.752. The van der Waals surface area contributed by atoms with Crippen molar-refractivity contribution in [3.8, 4) is 5.75 Å². The summed E-state index contributed by atoms with van der Waals surface area (Å²) in [6.45, 7) is 2.33. The molecule has 0 fully saturated rings. The first-order chi connectivity index (χ1) is 10.1. The fourth-order valence-electron chi connectivity index (χ4n) is 2.25. The number of rotatable bonds is 6. The van der Waals surface area contributed by atoms with Crippen molar-refractivity contribution in [2.75, 3.05) is 13.7 Å². The minimum Gasteiger partial charge on any atom is -0.496 e. The van der Waals surface area contributed by atoms with E-state index in [2.05, 4.69) is 5.32 Å². The molecule has 2 rings (SSSR count). The number of nitrogens with one attached hydrogen (secondary N) is 1. The standard InChI is InChI=1S/C17H20FNO2/c1-12(15-8-3-4-9-17(15)21-2)19-11-16(20)13-6-5-7-14(18)10-13/h3-10,12,16,19-20H,11H2,1-2H3/t12-,16?/m0/s1. The summed E-state index contributed by atoms with van der Waals surface area (Å²) in [5.74, 6) is 0.460. The van der Waals surface area contributed by atoms with E-state index in [-0.39, 0.29) is 11.9 Å². The molecular weight excluding hydrogens is 269 g/mol. The first kappa shape index (κ1) is 15.5. The number of aliphatic hydroxyl groups excluding tert-OH is 1. The molecule has 0 aliphatic rings. The zero-order chi connectivity index (χ0) is 15.2. The van der Waals surface area contributed by atoms with Gasteiger partial charge >= 0.3 is 0 Å². The van der Waals surface area contributed by atoms with Crippen LogP contribution in [-0.4, -0.2) is 18.8 Å². The van der Waals surface area contributed by atoms with Gasteiger partial charge in [0.05, 0.1) is 13.2 Å². The number of hydrogen-bond donors (Lipinski definition) is 2. The van der Waals surface area contributed by atoms with Crippen LogP contribution >= 0.6 is 0 Å². The molecule has 1 unspecified atom stereocenters. The van der Waals surface area contributed by atoms with Gasteiger partial charge in [0.2, 0.25) is 0 Å². The summed E-state index contributed by atoms with van der Waals surface area (Å²) in [5.41, 5.74) is 1.58. The molecule has 4 heteroatoms. The molecule has 112 valence electrons. The number of para-hydroxylation sites is 1. The topological polar surface area (TPSA) is 41.5 Å². The Hall–Kier alpha value is -1.91. The maximum absolute atomic E-state index is 13.1. The molecule has 0 aliphatic carbocycles. The van der Waals surface area contributed by atoms with Crippen molar-refractivity contribution in [3.05, 3.63) is 65.5 Å². The number of benzene rings is 2. The Balaban J connectivity index is 1.99. The van der Waals surface area contributed by atoms with Crippen LogP contribution in [0.4, 0.5) is 4.39 Å². The summed E-state index contributed by atoms with van der Waals surface area (Å²) >= 11 is 0.